The Morgan fingerprint density at radius 1 is 1.55 bits per heavy atom. The molecular weight excluding hydrogens is 138 g/mol. The van der Waals surface area contributed by atoms with Crippen LogP contribution in [0.15, 0.2) is 0 Å². The van der Waals surface area contributed by atoms with Crippen molar-refractivity contribution in [1.82, 2.24) is 4.90 Å². The number of rotatable bonds is 4. The topological polar surface area (TPSA) is 53.0 Å². The summed E-state index contributed by atoms with van der Waals surface area (Å²) in [5.74, 6) is 0. The van der Waals surface area contributed by atoms with Gasteiger partial charge in [-0.2, -0.15) is 5.26 Å². The van der Waals surface area contributed by atoms with Crippen LogP contribution in [0.4, 0.5) is 0 Å². The number of nitriles is 1. The molecule has 0 aromatic rings. The van der Waals surface area contributed by atoms with Crippen molar-refractivity contribution < 1.29 is 0 Å². The fourth-order valence-corrected chi connectivity index (χ4v) is 0.676. The predicted octanol–water partition coefficient (Wildman–Crippen LogP) is 0.569. The molecule has 0 atom stereocenters. The van der Waals surface area contributed by atoms with Crippen LogP contribution in [0.3, 0.4) is 0 Å². The van der Waals surface area contributed by atoms with Crippen molar-refractivity contribution >= 4 is 0 Å². The van der Waals surface area contributed by atoms with Crippen molar-refractivity contribution in [1.29, 1.82) is 5.26 Å². The summed E-state index contributed by atoms with van der Waals surface area (Å²) in [5, 5.41) is 8.35. The smallest absolute Gasteiger partial charge is 0.0635 e. The predicted molar refractivity (Wildman–Crippen MR) is 46.0 cm³/mol. The Kier molecular flexibility index (Phi) is 4.09. The van der Waals surface area contributed by atoms with Gasteiger partial charge in [-0.15, -0.1) is 0 Å². The SMILES string of the molecule is CN(CCC#N)C(C)(C)CN. The van der Waals surface area contributed by atoms with Gasteiger partial charge in [0.1, 0.15) is 0 Å². The summed E-state index contributed by atoms with van der Waals surface area (Å²) >= 11 is 0. The maximum atomic E-state index is 8.35. The maximum absolute atomic E-state index is 8.35. The van der Waals surface area contributed by atoms with E-state index in [-0.39, 0.29) is 5.54 Å². The van der Waals surface area contributed by atoms with E-state index in [1.165, 1.54) is 0 Å². The third-order valence-corrected chi connectivity index (χ3v) is 2.09. The molecule has 0 aromatic carbocycles. The molecular formula is C8H17N3. The highest BCUT2D eigenvalue weighted by atomic mass is 15.2. The van der Waals surface area contributed by atoms with Gasteiger partial charge in [-0.3, -0.25) is 4.90 Å². The lowest BCUT2D eigenvalue weighted by Gasteiger charge is -2.33. The zero-order chi connectivity index (χ0) is 8.91. The standard InChI is InChI=1S/C8H17N3/c1-8(2,7-10)11(3)6-4-5-9/h4,6-7,10H2,1-3H3. The van der Waals surface area contributed by atoms with Crippen molar-refractivity contribution in [2.45, 2.75) is 25.8 Å². The second-order valence-corrected chi connectivity index (χ2v) is 3.35. The van der Waals surface area contributed by atoms with Crippen molar-refractivity contribution in [3.05, 3.63) is 0 Å². The van der Waals surface area contributed by atoms with Crippen LogP contribution in [-0.4, -0.2) is 30.6 Å². The van der Waals surface area contributed by atoms with E-state index < -0.39 is 0 Å². The van der Waals surface area contributed by atoms with Crippen molar-refractivity contribution in [2.24, 2.45) is 5.73 Å². The molecule has 0 unspecified atom stereocenters. The Morgan fingerprint density at radius 2 is 2.09 bits per heavy atom. The molecule has 3 nitrogen and oxygen atoms in total. The van der Waals surface area contributed by atoms with Crippen LogP contribution in [0.1, 0.15) is 20.3 Å². The van der Waals surface area contributed by atoms with Crippen LogP contribution in [0.5, 0.6) is 0 Å². The molecule has 0 heterocycles. The van der Waals surface area contributed by atoms with Gasteiger partial charge >= 0.3 is 0 Å². The molecule has 0 amide bonds. The third-order valence-electron chi connectivity index (χ3n) is 2.09. The van der Waals surface area contributed by atoms with Crippen LogP contribution >= 0.6 is 0 Å². The third kappa shape index (κ3) is 3.35. The minimum atomic E-state index is 0.0108. The van der Waals surface area contributed by atoms with E-state index in [1.54, 1.807) is 0 Å². The minimum Gasteiger partial charge on any atom is -0.329 e. The molecule has 0 saturated carbocycles. The van der Waals surface area contributed by atoms with Crippen LogP contribution in [0.2, 0.25) is 0 Å². The van der Waals surface area contributed by atoms with E-state index in [9.17, 15) is 0 Å². The van der Waals surface area contributed by atoms with Gasteiger partial charge in [-0.1, -0.05) is 0 Å². The average Bonchev–Trinajstić information content (AvgIpc) is 2.00. The molecule has 0 fully saturated rings. The number of nitrogens with two attached hydrogens (primary N) is 1. The summed E-state index contributed by atoms with van der Waals surface area (Å²) in [7, 11) is 1.99. The van der Waals surface area contributed by atoms with Gasteiger partial charge in [-0.25, -0.2) is 0 Å². The van der Waals surface area contributed by atoms with E-state index in [0.29, 0.717) is 13.0 Å². The summed E-state index contributed by atoms with van der Waals surface area (Å²) in [6, 6.07) is 2.11. The van der Waals surface area contributed by atoms with Crippen LogP contribution in [-0.2, 0) is 0 Å². The molecule has 0 saturated heterocycles. The minimum absolute atomic E-state index is 0.0108. The molecule has 0 aliphatic carbocycles. The van der Waals surface area contributed by atoms with Crippen molar-refractivity contribution in [3.8, 4) is 6.07 Å². The van der Waals surface area contributed by atoms with E-state index >= 15 is 0 Å². The first-order valence-corrected chi connectivity index (χ1v) is 3.83. The van der Waals surface area contributed by atoms with E-state index in [1.807, 2.05) is 7.05 Å². The van der Waals surface area contributed by atoms with Gasteiger partial charge in [0.2, 0.25) is 0 Å². The lowest BCUT2D eigenvalue weighted by atomic mass is 10.0. The van der Waals surface area contributed by atoms with Gasteiger partial charge in [-0.05, 0) is 20.9 Å². The molecule has 0 bridgehead atoms. The number of hydrogen-bond donors (Lipinski definition) is 1. The van der Waals surface area contributed by atoms with Crippen molar-refractivity contribution in [2.75, 3.05) is 20.1 Å². The molecule has 0 aliphatic rings. The average molecular weight is 155 g/mol. The number of hydrogen-bond acceptors (Lipinski definition) is 3. The summed E-state index contributed by atoms with van der Waals surface area (Å²) < 4.78 is 0. The molecule has 0 aromatic heterocycles. The molecule has 0 aliphatic heterocycles. The lowest BCUT2D eigenvalue weighted by Crippen LogP contribution is -2.47. The monoisotopic (exact) mass is 155 g/mol. The van der Waals surface area contributed by atoms with Crippen molar-refractivity contribution in [3.63, 3.8) is 0 Å². The fourth-order valence-electron chi connectivity index (χ4n) is 0.676. The number of nitrogens with zero attached hydrogens (tertiary/aromatic N) is 2. The Hall–Kier alpha value is -0.590. The first-order valence-electron chi connectivity index (χ1n) is 3.83. The van der Waals surface area contributed by atoms with E-state index in [4.69, 9.17) is 11.0 Å². The van der Waals surface area contributed by atoms with Gasteiger partial charge in [0.15, 0.2) is 0 Å². The normalized spacial score (nSPS) is 11.6. The Bertz CT molecular complexity index is 146. The first kappa shape index (κ1) is 10.4. The first-order chi connectivity index (χ1) is 5.04. The highest BCUT2D eigenvalue weighted by Gasteiger charge is 2.20. The zero-order valence-electron chi connectivity index (χ0n) is 7.59. The van der Waals surface area contributed by atoms with E-state index in [2.05, 4.69) is 24.8 Å². The highest BCUT2D eigenvalue weighted by Crippen LogP contribution is 2.09. The molecule has 2 N–H and O–H groups in total. The largest absolute Gasteiger partial charge is 0.329 e. The Balaban J connectivity index is 3.83. The van der Waals surface area contributed by atoms with Gasteiger partial charge in [0.05, 0.1) is 6.07 Å². The second-order valence-electron chi connectivity index (χ2n) is 3.35. The quantitative estimate of drug-likeness (QED) is 0.645. The van der Waals surface area contributed by atoms with Gasteiger partial charge in [0, 0.05) is 25.0 Å². The molecule has 11 heavy (non-hydrogen) atoms. The summed E-state index contributed by atoms with van der Waals surface area (Å²) in [6.07, 6.45) is 0.569. The van der Waals surface area contributed by atoms with Crippen LogP contribution in [0.25, 0.3) is 0 Å². The maximum Gasteiger partial charge on any atom is 0.0635 e. The molecule has 0 rings (SSSR count). The Labute approximate surface area is 68.8 Å². The van der Waals surface area contributed by atoms with Crippen LogP contribution in [0, 0.1) is 11.3 Å². The van der Waals surface area contributed by atoms with Gasteiger partial charge in [0.25, 0.3) is 0 Å². The second kappa shape index (κ2) is 4.32. The summed E-state index contributed by atoms with van der Waals surface area (Å²) in [6.45, 7) is 5.56. The molecule has 0 spiro atoms. The highest BCUT2D eigenvalue weighted by molar-refractivity contribution is 4.82. The Morgan fingerprint density at radius 3 is 2.45 bits per heavy atom. The summed E-state index contributed by atoms with van der Waals surface area (Å²) in [5.41, 5.74) is 5.57. The molecule has 0 radical (unpaired) electrons. The number of likely N-dealkylation sites (N-methyl/N-ethyl adjacent to an activating group) is 1. The van der Waals surface area contributed by atoms with Gasteiger partial charge < -0.3 is 5.73 Å². The lowest BCUT2D eigenvalue weighted by molar-refractivity contribution is 0.168. The van der Waals surface area contributed by atoms with Crippen LogP contribution < -0.4 is 5.73 Å². The fraction of sp³-hybridized carbons (Fsp3) is 0.875. The molecule has 64 valence electrons. The molecule has 3 heteroatoms. The summed E-state index contributed by atoms with van der Waals surface area (Å²) in [4.78, 5) is 2.11. The zero-order valence-corrected chi connectivity index (χ0v) is 7.59. The van der Waals surface area contributed by atoms with E-state index in [0.717, 1.165) is 6.54 Å².